The van der Waals surface area contributed by atoms with Gasteiger partial charge in [-0.05, 0) is 51.5 Å². The van der Waals surface area contributed by atoms with Crippen LogP contribution in [-0.2, 0) is 9.31 Å². The van der Waals surface area contributed by atoms with Crippen molar-refractivity contribution >= 4 is 30.3 Å². The lowest BCUT2D eigenvalue weighted by Crippen LogP contribution is -2.41. The Morgan fingerprint density at radius 3 is 2.16 bits per heavy atom. The molecule has 3 nitrogen and oxygen atoms in total. The van der Waals surface area contributed by atoms with Gasteiger partial charge in [-0.3, -0.25) is 0 Å². The van der Waals surface area contributed by atoms with E-state index in [9.17, 15) is 0 Å². The highest BCUT2D eigenvalue weighted by molar-refractivity contribution is 6.48. The highest BCUT2D eigenvalue weighted by atomic mass is 35.5. The minimum absolute atomic E-state index is 0.416. The molecule has 2 N–H and O–H groups in total. The summed E-state index contributed by atoms with van der Waals surface area (Å²) in [5, 5.41) is 1.15. The number of hydrogen-bond acceptors (Lipinski definition) is 3. The molecular formula is C13H18BCl2NO2. The third-order valence-electron chi connectivity index (χ3n) is 3.88. The SMILES string of the molecule is CC1(C)OB([C@H](N)c2cc(Cl)ccc2Cl)OC1(C)C. The fourth-order valence-corrected chi connectivity index (χ4v) is 2.38. The van der Waals surface area contributed by atoms with E-state index < -0.39 is 24.3 Å². The van der Waals surface area contributed by atoms with Crippen LogP contribution in [0.5, 0.6) is 0 Å². The Bertz CT molecular complexity index is 478. The van der Waals surface area contributed by atoms with Crippen LogP contribution < -0.4 is 5.73 Å². The van der Waals surface area contributed by atoms with E-state index in [-0.39, 0.29) is 0 Å². The van der Waals surface area contributed by atoms with E-state index in [1.54, 1.807) is 18.2 Å². The molecule has 1 heterocycles. The molecule has 19 heavy (non-hydrogen) atoms. The first-order chi connectivity index (χ1) is 8.64. The molecular weight excluding hydrogens is 284 g/mol. The molecule has 1 fully saturated rings. The number of benzene rings is 1. The summed E-state index contributed by atoms with van der Waals surface area (Å²) in [5.41, 5.74) is 6.12. The quantitative estimate of drug-likeness (QED) is 0.849. The molecule has 1 atom stereocenters. The normalized spacial score (nSPS) is 22.6. The van der Waals surface area contributed by atoms with Gasteiger partial charge in [0.1, 0.15) is 0 Å². The van der Waals surface area contributed by atoms with Gasteiger partial charge in [0.2, 0.25) is 0 Å². The number of halogens is 2. The molecule has 1 aromatic rings. The van der Waals surface area contributed by atoms with Crippen LogP contribution in [0.1, 0.15) is 39.2 Å². The Kier molecular flexibility index (Phi) is 3.93. The first-order valence-electron chi connectivity index (χ1n) is 6.20. The Morgan fingerprint density at radius 2 is 1.63 bits per heavy atom. The summed E-state index contributed by atoms with van der Waals surface area (Å²) in [5.74, 6) is -0.479. The number of nitrogens with two attached hydrogens (primary N) is 1. The zero-order valence-corrected chi connectivity index (χ0v) is 13.0. The molecule has 0 unspecified atom stereocenters. The average Bonchev–Trinajstić information content (AvgIpc) is 2.51. The van der Waals surface area contributed by atoms with Crippen molar-refractivity contribution in [1.82, 2.24) is 0 Å². The topological polar surface area (TPSA) is 44.5 Å². The fourth-order valence-electron chi connectivity index (χ4n) is 1.95. The van der Waals surface area contributed by atoms with Crippen molar-refractivity contribution in [1.29, 1.82) is 0 Å². The third-order valence-corrected chi connectivity index (χ3v) is 4.46. The summed E-state index contributed by atoms with van der Waals surface area (Å²) in [7, 11) is -0.541. The molecule has 0 aromatic heterocycles. The molecule has 0 radical (unpaired) electrons. The van der Waals surface area contributed by atoms with Gasteiger partial charge in [0.05, 0.1) is 17.1 Å². The molecule has 2 rings (SSSR count). The lowest BCUT2D eigenvalue weighted by molar-refractivity contribution is 0.00578. The largest absolute Gasteiger partial charge is 0.480 e. The van der Waals surface area contributed by atoms with Gasteiger partial charge in [0, 0.05) is 10.0 Å². The van der Waals surface area contributed by atoms with Crippen molar-refractivity contribution in [3.8, 4) is 0 Å². The monoisotopic (exact) mass is 301 g/mol. The highest BCUT2D eigenvalue weighted by Gasteiger charge is 2.53. The van der Waals surface area contributed by atoms with E-state index >= 15 is 0 Å². The lowest BCUT2D eigenvalue weighted by atomic mass is 9.75. The predicted molar refractivity (Wildman–Crippen MR) is 79.5 cm³/mol. The molecule has 6 heteroatoms. The molecule has 1 saturated heterocycles. The van der Waals surface area contributed by atoms with Crippen LogP contribution in [-0.4, -0.2) is 18.3 Å². The fraction of sp³-hybridized carbons (Fsp3) is 0.538. The first kappa shape index (κ1) is 15.1. The zero-order chi connectivity index (χ0) is 14.4. The van der Waals surface area contributed by atoms with Crippen molar-refractivity contribution in [2.75, 3.05) is 0 Å². The molecule has 1 aromatic carbocycles. The van der Waals surface area contributed by atoms with E-state index in [2.05, 4.69) is 0 Å². The van der Waals surface area contributed by atoms with Crippen LogP contribution in [0.3, 0.4) is 0 Å². The Morgan fingerprint density at radius 1 is 1.11 bits per heavy atom. The second kappa shape index (κ2) is 4.94. The molecule has 0 amide bonds. The molecule has 1 aliphatic heterocycles. The summed E-state index contributed by atoms with van der Waals surface area (Å²) < 4.78 is 11.9. The van der Waals surface area contributed by atoms with Crippen molar-refractivity contribution in [2.45, 2.75) is 44.8 Å². The van der Waals surface area contributed by atoms with Gasteiger partial charge in [-0.2, -0.15) is 0 Å². The molecule has 1 aliphatic rings. The van der Waals surface area contributed by atoms with Gasteiger partial charge in [-0.15, -0.1) is 0 Å². The van der Waals surface area contributed by atoms with Crippen LogP contribution in [0.4, 0.5) is 0 Å². The van der Waals surface area contributed by atoms with E-state index in [1.807, 2.05) is 27.7 Å². The molecule has 0 saturated carbocycles. The zero-order valence-electron chi connectivity index (χ0n) is 11.5. The summed E-state index contributed by atoms with van der Waals surface area (Å²) in [6.45, 7) is 7.94. The maximum atomic E-state index is 6.22. The lowest BCUT2D eigenvalue weighted by Gasteiger charge is -2.32. The maximum absolute atomic E-state index is 6.22. The van der Waals surface area contributed by atoms with Gasteiger partial charge in [0.15, 0.2) is 0 Å². The van der Waals surface area contributed by atoms with Crippen molar-refractivity contribution in [3.05, 3.63) is 33.8 Å². The van der Waals surface area contributed by atoms with E-state index in [0.717, 1.165) is 5.56 Å². The van der Waals surface area contributed by atoms with Gasteiger partial charge in [-0.25, -0.2) is 0 Å². The van der Waals surface area contributed by atoms with Gasteiger partial charge < -0.3 is 15.0 Å². The smallest absolute Gasteiger partial charge is 0.402 e. The summed E-state index contributed by atoms with van der Waals surface area (Å²) in [4.78, 5) is 0. The molecule has 104 valence electrons. The Labute approximate surface area is 124 Å². The number of hydrogen-bond donors (Lipinski definition) is 1. The summed E-state index contributed by atoms with van der Waals surface area (Å²) >= 11 is 12.1. The van der Waals surface area contributed by atoms with Crippen LogP contribution >= 0.6 is 23.2 Å². The van der Waals surface area contributed by atoms with Crippen LogP contribution in [0.25, 0.3) is 0 Å². The van der Waals surface area contributed by atoms with Gasteiger partial charge >= 0.3 is 7.12 Å². The second-order valence-corrected chi connectivity index (χ2v) is 6.66. The van der Waals surface area contributed by atoms with Crippen molar-refractivity contribution in [2.24, 2.45) is 5.73 Å². The predicted octanol–water partition coefficient (Wildman–Crippen LogP) is 3.62. The summed E-state index contributed by atoms with van der Waals surface area (Å²) in [6, 6.07) is 5.20. The average molecular weight is 302 g/mol. The molecule has 0 aliphatic carbocycles. The highest BCUT2D eigenvalue weighted by Crippen LogP contribution is 2.40. The Balaban J connectivity index is 2.27. The van der Waals surface area contributed by atoms with Crippen molar-refractivity contribution < 1.29 is 9.31 Å². The summed E-state index contributed by atoms with van der Waals surface area (Å²) in [6.07, 6.45) is 0. The standard InChI is InChI=1S/C13H18BCl2NO2/c1-12(2)13(3,4)19-14(18-12)11(17)9-7-8(15)5-6-10(9)16/h5-7,11H,17H2,1-4H3/t11-/m1/s1. The molecule has 0 bridgehead atoms. The van der Waals surface area contributed by atoms with Crippen LogP contribution in [0.2, 0.25) is 10.0 Å². The van der Waals surface area contributed by atoms with Gasteiger partial charge in [-0.1, -0.05) is 23.2 Å². The van der Waals surface area contributed by atoms with E-state index in [1.165, 1.54) is 0 Å². The van der Waals surface area contributed by atoms with Gasteiger partial charge in [0.25, 0.3) is 0 Å². The minimum atomic E-state index is -0.541. The maximum Gasteiger partial charge on any atom is 0.480 e. The van der Waals surface area contributed by atoms with E-state index in [0.29, 0.717) is 10.0 Å². The van der Waals surface area contributed by atoms with Crippen LogP contribution in [0.15, 0.2) is 18.2 Å². The number of rotatable bonds is 2. The first-order valence-corrected chi connectivity index (χ1v) is 6.96. The second-order valence-electron chi connectivity index (χ2n) is 5.82. The minimum Gasteiger partial charge on any atom is -0.402 e. The van der Waals surface area contributed by atoms with Crippen molar-refractivity contribution in [3.63, 3.8) is 0 Å². The third kappa shape index (κ3) is 2.78. The van der Waals surface area contributed by atoms with Crippen LogP contribution in [0, 0.1) is 0 Å². The molecule has 0 spiro atoms. The Hall–Kier alpha value is -0.255. The van der Waals surface area contributed by atoms with E-state index in [4.69, 9.17) is 38.2 Å².